The second kappa shape index (κ2) is 5.65. The number of nitrogens with two attached hydrogens (primary N) is 2. The maximum absolute atomic E-state index is 11.0. The van der Waals surface area contributed by atoms with Crippen molar-refractivity contribution in [2.75, 3.05) is 0 Å². The van der Waals surface area contributed by atoms with Crippen LogP contribution in [0.3, 0.4) is 0 Å². The van der Waals surface area contributed by atoms with Crippen molar-refractivity contribution in [1.29, 1.82) is 0 Å². The minimum absolute atomic E-state index is 0.0286. The van der Waals surface area contributed by atoms with Gasteiger partial charge in [-0.05, 0) is 22.0 Å². The summed E-state index contributed by atoms with van der Waals surface area (Å²) in [7, 11) is 0. The molecular weight excluding hydrogens is 329 g/mol. The van der Waals surface area contributed by atoms with Crippen LogP contribution in [0.4, 0.5) is 5.69 Å². The van der Waals surface area contributed by atoms with Gasteiger partial charge in [-0.3, -0.25) is 21.6 Å². The van der Waals surface area contributed by atoms with Crippen molar-refractivity contribution in [2.45, 2.75) is 0 Å². The molecule has 0 aliphatic heterocycles. The molecule has 0 aromatic heterocycles. The first-order valence-corrected chi connectivity index (χ1v) is 5.52. The highest BCUT2D eigenvalue weighted by Crippen LogP contribution is 2.31. The first kappa shape index (κ1) is 14.2. The van der Waals surface area contributed by atoms with E-state index in [1.54, 1.807) is 0 Å². The monoisotopic (exact) mass is 335 g/mol. The molecule has 0 unspecified atom stereocenters. The molecule has 0 heterocycles. The van der Waals surface area contributed by atoms with Crippen LogP contribution >= 0.6 is 27.5 Å². The van der Waals surface area contributed by atoms with Gasteiger partial charge in [0, 0.05) is 16.7 Å². The first-order chi connectivity index (χ1) is 8.32. The smallest absolute Gasteiger partial charge is 0.366 e. The summed E-state index contributed by atoms with van der Waals surface area (Å²) in [6, 6.07) is 2.56. The van der Waals surface area contributed by atoms with Crippen LogP contribution in [-0.4, -0.2) is 21.9 Å². The lowest BCUT2D eigenvalue weighted by atomic mass is 10.2. The van der Waals surface area contributed by atoms with Gasteiger partial charge in [0.15, 0.2) is 0 Å². The van der Waals surface area contributed by atoms with Gasteiger partial charge in [0.05, 0.1) is 11.1 Å². The first-order valence-electron chi connectivity index (χ1n) is 4.35. The van der Waals surface area contributed by atoms with E-state index in [0.29, 0.717) is 0 Å². The number of hydrogen-bond acceptors (Lipinski definition) is 4. The van der Waals surface area contributed by atoms with Gasteiger partial charge in [0.1, 0.15) is 4.47 Å². The second-order valence-corrected chi connectivity index (χ2v) is 4.26. The molecule has 1 rings (SSSR count). The Morgan fingerprint density at radius 1 is 1.44 bits per heavy atom. The summed E-state index contributed by atoms with van der Waals surface area (Å²) in [6.07, 6.45) is 1.05. The third kappa shape index (κ3) is 3.31. The van der Waals surface area contributed by atoms with Crippen molar-refractivity contribution in [2.24, 2.45) is 16.6 Å². The van der Waals surface area contributed by atoms with Crippen LogP contribution in [0.15, 0.2) is 21.7 Å². The van der Waals surface area contributed by atoms with Crippen LogP contribution in [0.2, 0.25) is 5.02 Å². The van der Waals surface area contributed by atoms with Gasteiger partial charge in [0.25, 0.3) is 5.69 Å². The van der Waals surface area contributed by atoms with Crippen LogP contribution in [0.5, 0.6) is 0 Å². The molecule has 0 bridgehead atoms. The number of nitro benzene ring substituents is 1. The molecule has 18 heavy (non-hydrogen) atoms. The summed E-state index contributed by atoms with van der Waals surface area (Å²) >= 11 is 8.73. The summed E-state index contributed by atoms with van der Waals surface area (Å²) in [4.78, 5) is 10.1. The standard InChI is InChI=1S/C8H7BrClN5O3/c9-7-4(3-13-14(16)8(11)12)1-5(10)2-6(7)15(17)18/h1-3H,11-12H2. The van der Waals surface area contributed by atoms with E-state index in [9.17, 15) is 15.3 Å². The average molecular weight is 337 g/mol. The molecule has 0 amide bonds. The fraction of sp³-hybridized carbons (Fsp3) is 0. The van der Waals surface area contributed by atoms with Gasteiger partial charge in [-0.2, -0.15) is 0 Å². The third-order valence-electron chi connectivity index (χ3n) is 1.77. The normalized spacial score (nSPS) is 10.6. The van der Waals surface area contributed by atoms with E-state index in [4.69, 9.17) is 23.1 Å². The van der Waals surface area contributed by atoms with E-state index in [1.165, 1.54) is 12.1 Å². The minimum Gasteiger partial charge on any atom is -0.722 e. The van der Waals surface area contributed by atoms with Crippen molar-refractivity contribution < 1.29 is 9.77 Å². The summed E-state index contributed by atoms with van der Waals surface area (Å²) in [5.41, 5.74) is 9.99. The maximum Gasteiger partial charge on any atom is 0.366 e. The van der Waals surface area contributed by atoms with Gasteiger partial charge in [-0.15, -0.1) is 9.95 Å². The van der Waals surface area contributed by atoms with E-state index in [2.05, 4.69) is 21.0 Å². The number of hydrogen-bond donors (Lipinski definition) is 2. The third-order valence-corrected chi connectivity index (χ3v) is 2.85. The molecule has 0 fully saturated rings. The zero-order valence-corrected chi connectivity index (χ0v) is 11.1. The molecule has 8 nitrogen and oxygen atoms in total. The summed E-state index contributed by atoms with van der Waals surface area (Å²) in [5.74, 6) is -0.557. The van der Waals surface area contributed by atoms with E-state index < -0.39 is 10.9 Å². The highest BCUT2D eigenvalue weighted by atomic mass is 79.9. The van der Waals surface area contributed by atoms with E-state index >= 15 is 0 Å². The van der Waals surface area contributed by atoms with Gasteiger partial charge in [-0.1, -0.05) is 11.6 Å². The maximum atomic E-state index is 11.0. The van der Waals surface area contributed by atoms with Crippen molar-refractivity contribution in [3.8, 4) is 0 Å². The molecule has 0 spiro atoms. The van der Waals surface area contributed by atoms with Crippen molar-refractivity contribution in [3.05, 3.63) is 42.5 Å². The Kier molecular flexibility index (Phi) is 4.45. The number of benzene rings is 1. The predicted octanol–water partition coefficient (Wildman–Crippen LogP) is 1.13. The van der Waals surface area contributed by atoms with Gasteiger partial charge >= 0.3 is 5.96 Å². The lowest BCUT2D eigenvalue weighted by Crippen LogP contribution is -2.30. The number of halogens is 2. The molecule has 0 radical (unpaired) electrons. The van der Waals surface area contributed by atoms with E-state index in [1.807, 2.05) is 0 Å². The number of nitrogens with zero attached hydrogens (tertiary/aromatic N) is 3. The lowest BCUT2D eigenvalue weighted by Gasteiger charge is -2.04. The minimum atomic E-state index is -0.619. The fourth-order valence-electron chi connectivity index (χ4n) is 1.00. The van der Waals surface area contributed by atoms with Gasteiger partial charge in [-0.25, -0.2) is 0 Å². The summed E-state index contributed by atoms with van der Waals surface area (Å²) in [6.45, 7) is 0. The molecule has 1 aromatic rings. The molecular formula is C8H7BrClN5O3. The number of rotatable bonds is 3. The molecule has 1 aromatic carbocycles. The quantitative estimate of drug-likeness (QED) is 0.213. The van der Waals surface area contributed by atoms with Crippen molar-refractivity contribution >= 4 is 45.4 Å². The van der Waals surface area contributed by atoms with Crippen molar-refractivity contribution in [1.82, 2.24) is 0 Å². The second-order valence-electron chi connectivity index (χ2n) is 3.03. The topological polar surface area (TPSA) is 134 Å². The van der Waals surface area contributed by atoms with Crippen LogP contribution < -0.4 is 11.5 Å². The summed E-state index contributed by atoms with van der Waals surface area (Å²) < 4.78 is 0.143. The largest absolute Gasteiger partial charge is 0.722 e. The molecule has 0 saturated carbocycles. The lowest BCUT2D eigenvalue weighted by molar-refractivity contribution is -0.463. The van der Waals surface area contributed by atoms with Crippen LogP contribution in [0, 0.1) is 15.3 Å². The van der Waals surface area contributed by atoms with Crippen LogP contribution in [-0.2, 0) is 0 Å². The Morgan fingerprint density at radius 2 is 2.06 bits per heavy atom. The molecule has 0 aliphatic carbocycles. The highest BCUT2D eigenvalue weighted by molar-refractivity contribution is 9.10. The number of hydrazone groups is 1. The predicted molar refractivity (Wildman–Crippen MR) is 70.4 cm³/mol. The molecule has 0 saturated heterocycles. The Labute approximate surface area is 114 Å². The van der Waals surface area contributed by atoms with Gasteiger partial charge in [0.2, 0.25) is 0 Å². The Balaban J connectivity index is 3.26. The Bertz CT molecular complexity index is 556. The Morgan fingerprint density at radius 3 is 2.56 bits per heavy atom. The highest BCUT2D eigenvalue weighted by Gasteiger charge is 2.16. The fourth-order valence-corrected chi connectivity index (χ4v) is 1.70. The summed E-state index contributed by atoms with van der Waals surface area (Å²) in [5, 5.41) is 25.2. The SMILES string of the molecule is NC(N)=[N+]([O-])N=Cc1cc(Cl)cc([N+](=O)[O-])c1Br. The average Bonchev–Trinajstić information content (AvgIpc) is 2.28. The molecule has 0 aliphatic rings. The van der Waals surface area contributed by atoms with Crippen molar-refractivity contribution in [3.63, 3.8) is 0 Å². The van der Waals surface area contributed by atoms with Crippen LogP contribution in [0.25, 0.3) is 0 Å². The van der Waals surface area contributed by atoms with Gasteiger partial charge < -0.3 is 5.21 Å². The zero-order valence-electron chi connectivity index (χ0n) is 8.71. The molecule has 10 heteroatoms. The number of guanidine groups is 1. The van der Waals surface area contributed by atoms with Crippen LogP contribution in [0.1, 0.15) is 5.56 Å². The molecule has 0 atom stereocenters. The van der Waals surface area contributed by atoms with E-state index in [-0.39, 0.29) is 25.6 Å². The molecule has 4 N–H and O–H groups in total. The molecule has 96 valence electrons. The zero-order chi connectivity index (χ0) is 13.9. The van der Waals surface area contributed by atoms with E-state index in [0.717, 1.165) is 6.21 Å². The number of nitro groups is 1. The Hall–Kier alpha value is -1.87.